The van der Waals surface area contributed by atoms with Gasteiger partial charge in [0.05, 0.1) is 10.5 Å². The van der Waals surface area contributed by atoms with Crippen molar-refractivity contribution in [1.29, 1.82) is 0 Å². The van der Waals surface area contributed by atoms with E-state index in [4.69, 9.17) is 5.73 Å². The zero-order valence-electron chi connectivity index (χ0n) is 11.5. The van der Waals surface area contributed by atoms with E-state index in [-0.39, 0.29) is 28.4 Å². The number of sulfone groups is 1. The third-order valence-corrected chi connectivity index (χ3v) is 4.79. The Morgan fingerprint density at radius 3 is 2.40 bits per heavy atom. The highest BCUT2D eigenvalue weighted by atomic mass is 32.2. The van der Waals surface area contributed by atoms with Gasteiger partial charge in [-0.2, -0.15) is 0 Å². The summed E-state index contributed by atoms with van der Waals surface area (Å²) in [7, 11) is -3.41. The highest BCUT2D eigenvalue weighted by molar-refractivity contribution is 7.90. The topological polar surface area (TPSA) is 89.3 Å². The summed E-state index contributed by atoms with van der Waals surface area (Å²) >= 11 is 0. The van der Waals surface area contributed by atoms with E-state index in [1.165, 1.54) is 6.07 Å². The van der Waals surface area contributed by atoms with Gasteiger partial charge in [0.2, 0.25) is 0 Å². The van der Waals surface area contributed by atoms with Gasteiger partial charge < -0.3 is 11.1 Å². The Balaban J connectivity index is 2.14. The quantitative estimate of drug-likeness (QED) is 0.873. The van der Waals surface area contributed by atoms with Crippen LogP contribution in [0.4, 0.5) is 0 Å². The molecule has 0 heterocycles. The second-order valence-electron chi connectivity index (χ2n) is 5.35. The second-order valence-corrected chi connectivity index (χ2v) is 7.34. The molecule has 1 fully saturated rings. The van der Waals surface area contributed by atoms with Crippen LogP contribution < -0.4 is 11.1 Å². The summed E-state index contributed by atoms with van der Waals surface area (Å²) in [5.74, 6) is -0.327. The average Bonchev–Trinajstić information content (AvgIpc) is 2.40. The first kappa shape index (κ1) is 15.0. The normalized spacial score (nSPS) is 23.3. The van der Waals surface area contributed by atoms with E-state index in [0.29, 0.717) is 0 Å². The fourth-order valence-electron chi connectivity index (χ4n) is 2.50. The van der Waals surface area contributed by atoms with Crippen LogP contribution in [0.2, 0.25) is 0 Å². The van der Waals surface area contributed by atoms with Crippen molar-refractivity contribution >= 4 is 15.7 Å². The average molecular weight is 296 g/mol. The van der Waals surface area contributed by atoms with Crippen LogP contribution in [0.5, 0.6) is 0 Å². The lowest BCUT2D eigenvalue weighted by atomic mass is 9.91. The van der Waals surface area contributed by atoms with Gasteiger partial charge in [-0.25, -0.2) is 8.42 Å². The molecule has 1 aromatic carbocycles. The number of rotatable bonds is 3. The molecule has 6 heteroatoms. The van der Waals surface area contributed by atoms with Crippen LogP contribution in [0.3, 0.4) is 0 Å². The summed E-state index contributed by atoms with van der Waals surface area (Å²) < 4.78 is 23.4. The van der Waals surface area contributed by atoms with Crippen LogP contribution in [0.25, 0.3) is 0 Å². The summed E-state index contributed by atoms with van der Waals surface area (Å²) in [6, 6.07) is 6.58. The lowest BCUT2D eigenvalue weighted by molar-refractivity contribution is 0.0922. The van der Waals surface area contributed by atoms with Crippen LogP contribution in [0, 0.1) is 0 Å². The summed E-state index contributed by atoms with van der Waals surface area (Å²) in [5, 5.41) is 2.91. The molecular formula is C14H20N2O3S. The van der Waals surface area contributed by atoms with Gasteiger partial charge in [-0.1, -0.05) is 12.1 Å². The maximum atomic E-state index is 12.3. The zero-order chi connectivity index (χ0) is 14.8. The Hall–Kier alpha value is -1.40. The number of carbonyl (C=O) groups is 1. The second kappa shape index (κ2) is 5.93. The molecular weight excluding hydrogens is 276 g/mol. The summed E-state index contributed by atoms with van der Waals surface area (Å²) in [6.45, 7) is 0. The van der Waals surface area contributed by atoms with E-state index >= 15 is 0 Å². The van der Waals surface area contributed by atoms with E-state index in [1.54, 1.807) is 18.2 Å². The van der Waals surface area contributed by atoms with Crippen molar-refractivity contribution in [1.82, 2.24) is 5.32 Å². The van der Waals surface area contributed by atoms with Crippen LogP contribution in [-0.4, -0.2) is 32.7 Å². The smallest absolute Gasteiger partial charge is 0.252 e. The monoisotopic (exact) mass is 296 g/mol. The Labute approximate surface area is 119 Å². The molecule has 3 N–H and O–H groups in total. The van der Waals surface area contributed by atoms with Crippen molar-refractivity contribution < 1.29 is 13.2 Å². The Morgan fingerprint density at radius 2 is 1.80 bits per heavy atom. The van der Waals surface area contributed by atoms with E-state index in [0.717, 1.165) is 31.9 Å². The molecule has 0 saturated heterocycles. The number of hydrogen-bond acceptors (Lipinski definition) is 4. The Bertz CT molecular complexity index is 590. The van der Waals surface area contributed by atoms with Crippen molar-refractivity contribution in [3.63, 3.8) is 0 Å². The summed E-state index contributed by atoms with van der Waals surface area (Å²) in [5.41, 5.74) is 6.04. The standard InChI is InChI=1S/C14H20N2O3S/c1-20(18,19)13-5-3-2-4-12(13)14(17)16-11-8-6-10(15)7-9-11/h2-5,10-11H,6-9,15H2,1H3,(H,16,17). The first-order valence-electron chi connectivity index (χ1n) is 6.73. The maximum Gasteiger partial charge on any atom is 0.252 e. The fourth-order valence-corrected chi connectivity index (χ4v) is 3.39. The molecule has 0 atom stereocenters. The van der Waals surface area contributed by atoms with Crippen molar-refractivity contribution in [2.75, 3.05) is 6.26 Å². The minimum atomic E-state index is -3.41. The molecule has 1 saturated carbocycles. The lowest BCUT2D eigenvalue weighted by Crippen LogP contribution is -2.40. The first-order valence-corrected chi connectivity index (χ1v) is 8.62. The number of nitrogens with one attached hydrogen (secondary N) is 1. The molecule has 1 aliphatic carbocycles. The van der Waals surface area contributed by atoms with E-state index in [1.807, 2.05) is 0 Å². The zero-order valence-corrected chi connectivity index (χ0v) is 12.3. The van der Waals surface area contributed by atoms with Gasteiger partial charge in [0.15, 0.2) is 9.84 Å². The molecule has 2 rings (SSSR count). The predicted molar refractivity (Wildman–Crippen MR) is 77.2 cm³/mol. The SMILES string of the molecule is CS(=O)(=O)c1ccccc1C(=O)NC1CCC(N)CC1. The number of benzene rings is 1. The summed E-state index contributed by atoms with van der Waals surface area (Å²) in [4.78, 5) is 12.3. The molecule has 0 unspecified atom stereocenters. The molecule has 0 aromatic heterocycles. The number of nitrogens with two attached hydrogens (primary N) is 1. The largest absolute Gasteiger partial charge is 0.349 e. The lowest BCUT2D eigenvalue weighted by Gasteiger charge is -2.27. The molecule has 1 amide bonds. The molecule has 0 radical (unpaired) electrons. The predicted octanol–water partition coefficient (Wildman–Crippen LogP) is 1.09. The third kappa shape index (κ3) is 3.58. The van der Waals surface area contributed by atoms with Gasteiger partial charge in [0, 0.05) is 18.3 Å². The first-order chi connectivity index (χ1) is 9.38. The maximum absolute atomic E-state index is 12.3. The van der Waals surface area contributed by atoms with Crippen LogP contribution in [0.1, 0.15) is 36.0 Å². The molecule has 0 aliphatic heterocycles. The Kier molecular flexibility index (Phi) is 4.45. The van der Waals surface area contributed by atoms with E-state index in [9.17, 15) is 13.2 Å². The van der Waals surface area contributed by atoms with Gasteiger partial charge in [-0.3, -0.25) is 4.79 Å². The van der Waals surface area contributed by atoms with Gasteiger partial charge in [-0.15, -0.1) is 0 Å². The van der Waals surface area contributed by atoms with Gasteiger partial charge in [-0.05, 0) is 37.8 Å². The highest BCUT2D eigenvalue weighted by Crippen LogP contribution is 2.19. The number of carbonyl (C=O) groups excluding carboxylic acids is 1. The van der Waals surface area contributed by atoms with Gasteiger partial charge >= 0.3 is 0 Å². The Morgan fingerprint density at radius 1 is 1.20 bits per heavy atom. The third-order valence-electron chi connectivity index (χ3n) is 3.64. The molecule has 0 bridgehead atoms. The molecule has 20 heavy (non-hydrogen) atoms. The van der Waals surface area contributed by atoms with Crippen molar-refractivity contribution in [2.24, 2.45) is 5.73 Å². The van der Waals surface area contributed by atoms with Crippen molar-refractivity contribution in [3.8, 4) is 0 Å². The van der Waals surface area contributed by atoms with Crippen LogP contribution >= 0.6 is 0 Å². The van der Waals surface area contributed by atoms with Crippen molar-refractivity contribution in [3.05, 3.63) is 29.8 Å². The minimum absolute atomic E-state index is 0.0741. The van der Waals surface area contributed by atoms with Crippen LogP contribution in [-0.2, 0) is 9.84 Å². The highest BCUT2D eigenvalue weighted by Gasteiger charge is 2.23. The van der Waals surface area contributed by atoms with Crippen molar-refractivity contribution in [2.45, 2.75) is 42.7 Å². The number of hydrogen-bond donors (Lipinski definition) is 2. The van der Waals surface area contributed by atoms with Crippen LogP contribution in [0.15, 0.2) is 29.2 Å². The molecule has 5 nitrogen and oxygen atoms in total. The van der Waals surface area contributed by atoms with E-state index in [2.05, 4.69) is 5.32 Å². The minimum Gasteiger partial charge on any atom is -0.349 e. The molecule has 1 aliphatic rings. The molecule has 110 valence electrons. The molecule has 0 spiro atoms. The van der Waals surface area contributed by atoms with Gasteiger partial charge in [0.25, 0.3) is 5.91 Å². The molecule has 1 aromatic rings. The fraction of sp³-hybridized carbons (Fsp3) is 0.500. The summed E-state index contributed by atoms with van der Waals surface area (Å²) in [6.07, 6.45) is 4.57. The number of amides is 1. The van der Waals surface area contributed by atoms with E-state index < -0.39 is 9.84 Å². The van der Waals surface area contributed by atoms with Gasteiger partial charge in [0.1, 0.15) is 0 Å².